The fourth-order valence-electron chi connectivity index (χ4n) is 2.68. The minimum Gasteiger partial charge on any atom is -0.497 e. The van der Waals surface area contributed by atoms with E-state index >= 15 is 0 Å². The van der Waals surface area contributed by atoms with E-state index in [0.717, 1.165) is 17.1 Å². The molecule has 1 aromatic carbocycles. The van der Waals surface area contributed by atoms with Crippen LogP contribution in [0.3, 0.4) is 0 Å². The maximum absolute atomic E-state index is 12.7. The normalized spacial score (nSPS) is 16.6. The third kappa shape index (κ3) is 4.82. The molecule has 8 heteroatoms. The number of carbonyl (C=O) groups excluding carboxylic acids is 1. The van der Waals surface area contributed by atoms with E-state index in [4.69, 9.17) is 26.4 Å². The predicted octanol–water partition coefficient (Wildman–Crippen LogP) is 2.79. The standard InChI is InChI=1S/C18H24N2O4S2/c1-5-26-9-8-24-17(21)15-11(2)19-18(25)20-16(15)13-10-12(22-3)6-7-14(13)23-4/h6-7,10,16H,5,8-9H2,1-4H3,(H2,19,20,25)/t16-/m0/s1. The van der Waals surface area contributed by atoms with Crippen molar-refractivity contribution < 1.29 is 19.0 Å². The summed E-state index contributed by atoms with van der Waals surface area (Å²) in [4.78, 5) is 12.7. The lowest BCUT2D eigenvalue weighted by molar-refractivity contribution is -0.138. The monoisotopic (exact) mass is 396 g/mol. The van der Waals surface area contributed by atoms with Gasteiger partial charge in [-0.05, 0) is 43.1 Å². The molecule has 2 N–H and O–H groups in total. The molecule has 0 spiro atoms. The van der Waals surface area contributed by atoms with Gasteiger partial charge in [-0.3, -0.25) is 0 Å². The summed E-state index contributed by atoms with van der Waals surface area (Å²) in [6.07, 6.45) is 0. The van der Waals surface area contributed by atoms with Gasteiger partial charge in [0.25, 0.3) is 0 Å². The Morgan fingerprint density at radius 2 is 2.08 bits per heavy atom. The van der Waals surface area contributed by atoms with Gasteiger partial charge in [0.15, 0.2) is 5.11 Å². The quantitative estimate of drug-likeness (QED) is 0.395. The number of carbonyl (C=O) groups is 1. The van der Waals surface area contributed by atoms with Gasteiger partial charge in [0.1, 0.15) is 18.1 Å². The molecular formula is C18H24N2O4S2. The lowest BCUT2D eigenvalue weighted by Gasteiger charge is -2.30. The van der Waals surface area contributed by atoms with Crippen molar-refractivity contribution >= 4 is 35.1 Å². The Kier molecular flexibility index (Phi) is 7.59. The minimum atomic E-state index is -0.486. The van der Waals surface area contributed by atoms with Crippen LogP contribution in [0.1, 0.15) is 25.5 Å². The molecule has 1 aliphatic heterocycles. The predicted molar refractivity (Wildman–Crippen MR) is 108 cm³/mol. The SMILES string of the molecule is CCSCCOC(=O)C1=C(C)NC(=S)N[C@H]1c1cc(OC)ccc1OC. The summed E-state index contributed by atoms with van der Waals surface area (Å²) >= 11 is 7.00. The van der Waals surface area contributed by atoms with Crippen LogP contribution in [0.5, 0.6) is 11.5 Å². The molecule has 1 aliphatic rings. The first-order valence-electron chi connectivity index (χ1n) is 8.26. The molecule has 0 saturated carbocycles. The van der Waals surface area contributed by atoms with E-state index in [9.17, 15) is 4.79 Å². The van der Waals surface area contributed by atoms with E-state index < -0.39 is 6.04 Å². The van der Waals surface area contributed by atoms with Gasteiger partial charge >= 0.3 is 5.97 Å². The number of esters is 1. The third-order valence-corrected chi connectivity index (χ3v) is 4.99. The van der Waals surface area contributed by atoms with Crippen LogP contribution in [0.25, 0.3) is 0 Å². The molecule has 0 aromatic heterocycles. The van der Waals surface area contributed by atoms with Gasteiger partial charge in [-0.1, -0.05) is 6.92 Å². The van der Waals surface area contributed by atoms with Crippen molar-refractivity contribution in [1.82, 2.24) is 10.6 Å². The molecule has 0 amide bonds. The topological polar surface area (TPSA) is 68.8 Å². The number of methoxy groups -OCH3 is 2. The van der Waals surface area contributed by atoms with Crippen molar-refractivity contribution in [1.29, 1.82) is 0 Å². The number of hydrogen-bond acceptors (Lipinski definition) is 6. The fourth-order valence-corrected chi connectivity index (χ4v) is 3.44. The average Bonchev–Trinajstić information content (AvgIpc) is 2.63. The number of benzene rings is 1. The lowest BCUT2D eigenvalue weighted by atomic mass is 9.94. The third-order valence-electron chi connectivity index (χ3n) is 3.90. The Morgan fingerprint density at radius 1 is 1.31 bits per heavy atom. The Morgan fingerprint density at radius 3 is 2.73 bits per heavy atom. The van der Waals surface area contributed by atoms with Crippen LogP contribution in [0.15, 0.2) is 29.5 Å². The maximum Gasteiger partial charge on any atom is 0.338 e. The van der Waals surface area contributed by atoms with Crippen LogP contribution in [0, 0.1) is 0 Å². The van der Waals surface area contributed by atoms with Crippen LogP contribution in [-0.4, -0.2) is 43.4 Å². The summed E-state index contributed by atoms with van der Waals surface area (Å²) in [5.74, 6) is 2.67. The smallest absolute Gasteiger partial charge is 0.338 e. The van der Waals surface area contributed by atoms with Crippen molar-refractivity contribution in [2.24, 2.45) is 0 Å². The molecule has 1 heterocycles. The van der Waals surface area contributed by atoms with Crippen molar-refractivity contribution in [3.05, 3.63) is 35.0 Å². The summed E-state index contributed by atoms with van der Waals surface area (Å²) in [5.41, 5.74) is 1.90. The first kappa shape index (κ1) is 20.4. The summed E-state index contributed by atoms with van der Waals surface area (Å²) in [7, 11) is 3.18. The van der Waals surface area contributed by atoms with E-state index in [0.29, 0.717) is 34.5 Å². The first-order valence-corrected chi connectivity index (χ1v) is 9.83. The second-order valence-electron chi connectivity index (χ2n) is 5.51. The van der Waals surface area contributed by atoms with Crippen LogP contribution >= 0.6 is 24.0 Å². The fraction of sp³-hybridized carbons (Fsp3) is 0.444. The molecule has 26 heavy (non-hydrogen) atoms. The van der Waals surface area contributed by atoms with Gasteiger partial charge in [-0.2, -0.15) is 11.8 Å². The molecule has 1 atom stereocenters. The Balaban J connectivity index is 2.36. The van der Waals surface area contributed by atoms with Gasteiger partial charge < -0.3 is 24.8 Å². The van der Waals surface area contributed by atoms with Gasteiger partial charge in [-0.15, -0.1) is 0 Å². The van der Waals surface area contributed by atoms with Crippen molar-refractivity contribution in [2.45, 2.75) is 19.9 Å². The molecule has 0 saturated heterocycles. The lowest BCUT2D eigenvalue weighted by Crippen LogP contribution is -2.45. The number of thiocarbonyl (C=S) groups is 1. The molecule has 1 aromatic rings. The van der Waals surface area contributed by atoms with E-state index in [2.05, 4.69) is 17.6 Å². The molecule has 0 fully saturated rings. The number of hydrogen-bond donors (Lipinski definition) is 2. The highest BCUT2D eigenvalue weighted by Gasteiger charge is 2.33. The molecule has 0 bridgehead atoms. The molecule has 6 nitrogen and oxygen atoms in total. The number of rotatable bonds is 8. The Hall–Kier alpha value is -1.93. The van der Waals surface area contributed by atoms with Gasteiger partial charge in [0, 0.05) is 17.0 Å². The first-order chi connectivity index (χ1) is 12.5. The largest absolute Gasteiger partial charge is 0.497 e. The summed E-state index contributed by atoms with van der Waals surface area (Å²) < 4.78 is 16.3. The molecular weight excluding hydrogens is 372 g/mol. The zero-order chi connectivity index (χ0) is 19.1. The van der Waals surface area contributed by atoms with Crippen LogP contribution < -0.4 is 20.1 Å². The second-order valence-corrected chi connectivity index (χ2v) is 7.31. The van der Waals surface area contributed by atoms with Crippen LogP contribution in [0.2, 0.25) is 0 Å². The van der Waals surface area contributed by atoms with E-state index in [1.807, 2.05) is 13.0 Å². The zero-order valence-corrected chi connectivity index (χ0v) is 17.0. The Bertz CT molecular complexity index is 706. The van der Waals surface area contributed by atoms with E-state index in [1.54, 1.807) is 38.1 Å². The van der Waals surface area contributed by atoms with Gasteiger partial charge in [-0.25, -0.2) is 4.79 Å². The van der Waals surface area contributed by atoms with Gasteiger partial charge in [0.05, 0.1) is 25.8 Å². The molecule has 0 unspecified atom stereocenters. The zero-order valence-electron chi connectivity index (χ0n) is 15.4. The Labute approximate surface area is 163 Å². The van der Waals surface area contributed by atoms with Gasteiger partial charge in [0.2, 0.25) is 0 Å². The summed E-state index contributed by atoms with van der Waals surface area (Å²) in [6.45, 7) is 4.24. The number of allylic oxidation sites excluding steroid dienone is 1. The van der Waals surface area contributed by atoms with E-state index in [1.165, 1.54) is 0 Å². The van der Waals surface area contributed by atoms with Crippen molar-refractivity contribution in [2.75, 3.05) is 32.3 Å². The molecule has 2 rings (SSSR count). The summed E-state index contributed by atoms with van der Waals surface area (Å²) in [5, 5.41) is 6.58. The van der Waals surface area contributed by atoms with Crippen LogP contribution in [-0.2, 0) is 9.53 Å². The van der Waals surface area contributed by atoms with Crippen molar-refractivity contribution in [3.63, 3.8) is 0 Å². The van der Waals surface area contributed by atoms with E-state index in [-0.39, 0.29) is 5.97 Å². The summed E-state index contributed by atoms with van der Waals surface area (Å²) in [6, 6.07) is 4.95. The van der Waals surface area contributed by atoms with Crippen LogP contribution in [0.4, 0.5) is 0 Å². The average molecular weight is 397 g/mol. The maximum atomic E-state index is 12.7. The highest BCUT2D eigenvalue weighted by atomic mass is 32.2. The molecule has 142 valence electrons. The number of thioether (sulfide) groups is 1. The second kappa shape index (κ2) is 9.68. The highest BCUT2D eigenvalue weighted by Crippen LogP contribution is 2.35. The number of ether oxygens (including phenoxy) is 3. The highest BCUT2D eigenvalue weighted by molar-refractivity contribution is 7.99. The number of nitrogens with one attached hydrogen (secondary N) is 2. The van der Waals surface area contributed by atoms with Crippen molar-refractivity contribution in [3.8, 4) is 11.5 Å². The molecule has 0 radical (unpaired) electrons. The minimum absolute atomic E-state index is 0.362. The molecule has 0 aliphatic carbocycles.